The van der Waals surface area contributed by atoms with Crippen molar-refractivity contribution in [1.29, 1.82) is 0 Å². The van der Waals surface area contributed by atoms with Crippen LogP contribution in [0.5, 0.6) is 5.75 Å². The van der Waals surface area contributed by atoms with Gasteiger partial charge in [0.15, 0.2) is 5.65 Å². The minimum atomic E-state index is -0.699. The number of aromatic nitrogens is 4. The van der Waals surface area contributed by atoms with E-state index in [0.717, 1.165) is 11.3 Å². The Kier molecular flexibility index (Phi) is 6.99. The number of nitrogens with zero attached hydrogens (tertiary/aromatic N) is 5. The van der Waals surface area contributed by atoms with Gasteiger partial charge in [-0.3, -0.25) is 4.98 Å². The van der Waals surface area contributed by atoms with Crippen molar-refractivity contribution < 1.29 is 18.7 Å². The van der Waals surface area contributed by atoms with Gasteiger partial charge in [-0.05, 0) is 32.0 Å². The van der Waals surface area contributed by atoms with Crippen LogP contribution in [-0.2, 0) is 4.74 Å². The number of carbonyl (C=O) groups is 1. The zero-order valence-corrected chi connectivity index (χ0v) is 17.2. The number of hydrogen-bond donors (Lipinski definition) is 1. The molecule has 0 unspecified atom stereocenters. The number of imidazole rings is 1. The molecule has 3 rings (SSSR count). The number of amides is 1. The third kappa shape index (κ3) is 4.76. The third-order valence-electron chi connectivity index (χ3n) is 4.46. The normalized spacial score (nSPS) is 11.0. The van der Waals surface area contributed by atoms with Gasteiger partial charge >= 0.3 is 6.09 Å². The Hall–Kier alpha value is -3.43. The van der Waals surface area contributed by atoms with Crippen LogP contribution in [0.2, 0.25) is 0 Å². The van der Waals surface area contributed by atoms with Crippen molar-refractivity contribution in [3.8, 4) is 17.0 Å². The maximum atomic E-state index is 12.3. The van der Waals surface area contributed by atoms with Crippen molar-refractivity contribution >= 4 is 17.6 Å². The maximum absolute atomic E-state index is 12.3. The van der Waals surface area contributed by atoms with Gasteiger partial charge in [0.05, 0.1) is 25.2 Å². The van der Waals surface area contributed by atoms with E-state index in [9.17, 15) is 9.18 Å². The van der Waals surface area contributed by atoms with E-state index in [1.54, 1.807) is 30.2 Å². The SMILES string of the molecule is COc1cnccc1-c1cnc2ccc(NCCN(C(=O)OCCF)C(C)C)nn12. The van der Waals surface area contributed by atoms with E-state index in [2.05, 4.69) is 20.4 Å². The number of ether oxygens (including phenoxy) is 2. The van der Waals surface area contributed by atoms with E-state index >= 15 is 0 Å². The Morgan fingerprint density at radius 2 is 2.13 bits per heavy atom. The number of hydrogen-bond acceptors (Lipinski definition) is 7. The first-order valence-corrected chi connectivity index (χ1v) is 9.61. The van der Waals surface area contributed by atoms with Crippen LogP contribution < -0.4 is 10.1 Å². The fraction of sp³-hybridized carbons (Fsp3) is 0.400. The third-order valence-corrected chi connectivity index (χ3v) is 4.46. The van der Waals surface area contributed by atoms with Gasteiger partial charge in [-0.25, -0.2) is 18.7 Å². The van der Waals surface area contributed by atoms with E-state index in [1.165, 1.54) is 4.90 Å². The van der Waals surface area contributed by atoms with Gasteiger partial charge in [0, 0.05) is 30.9 Å². The summed E-state index contributed by atoms with van der Waals surface area (Å²) in [6, 6.07) is 5.43. The first-order valence-electron chi connectivity index (χ1n) is 9.61. The summed E-state index contributed by atoms with van der Waals surface area (Å²) in [5, 5.41) is 7.81. The second-order valence-corrected chi connectivity index (χ2v) is 6.73. The average molecular weight is 416 g/mol. The molecule has 0 aliphatic carbocycles. The first-order chi connectivity index (χ1) is 14.5. The lowest BCUT2D eigenvalue weighted by atomic mass is 10.2. The molecule has 0 aliphatic rings. The molecule has 0 fully saturated rings. The van der Waals surface area contributed by atoms with Crippen LogP contribution in [0, 0.1) is 0 Å². The fourth-order valence-corrected chi connectivity index (χ4v) is 2.98. The molecule has 30 heavy (non-hydrogen) atoms. The molecule has 9 nitrogen and oxygen atoms in total. The molecule has 3 aromatic rings. The molecule has 0 bridgehead atoms. The lowest BCUT2D eigenvalue weighted by molar-refractivity contribution is 0.0879. The minimum Gasteiger partial charge on any atom is -0.494 e. The molecule has 10 heteroatoms. The van der Waals surface area contributed by atoms with Gasteiger partial charge in [0.25, 0.3) is 0 Å². The Balaban J connectivity index is 1.74. The van der Waals surface area contributed by atoms with Gasteiger partial charge < -0.3 is 19.7 Å². The number of carbonyl (C=O) groups excluding carboxylic acids is 1. The zero-order chi connectivity index (χ0) is 21.5. The molecule has 160 valence electrons. The molecule has 0 radical (unpaired) electrons. The Morgan fingerprint density at radius 1 is 1.30 bits per heavy atom. The van der Waals surface area contributed by atoms with Crippen LogP contribution in [0.3, 0.4) is 0 Å². The lowest BCUT2D eigenvalue weighted by Gasteiger charge is -2.25. The average Bonchev–Trinajstić information content (AvgIpc) is 3.17. The lowest BCUT2D eigenvalue weighted by Crippen LogP contribution is -2.40. The molecule has 0 saturated carbocycles. The van der Waals surface area contributed by atoms with E-state index in [1.807, 2.05) is 32.0 Å². The highest BCUT2D eigenvalue weighted by Crippen LogP contribution is 2.29. The standard InChI is InChI=1S/C20H25FN6O3/c1-14(2)26(20(28)30-11-7-21)10-9-23-18-4-5-19-24-12-16(27(19)25-18)15-6-8-22-13-17(15)29-3/h4-6,8,12-14H,7,9-11H2,1-3H3,(H,23,25). The molecule has 0 saturated heterocycles. The largest absolute Gasteiger partial charge is 0.494 e. The Morgan fingerprint density at radius 3 is 2.87 bits per heavy atom. The van der Waals surface area contributed by atoms with Gasteiger partial charge in [0.2, 0.25) is 0 Å². The van der Waals surface area contributed by atoms with Crippen LogP contribution in [0.25, 0.3) is 16.9 Å². The summed E-state index contributed by atoms with van der Waals surface area (Å²) in [4.78, 5) is 22.1. The number of fused-ring (bicyclic) bond motifs is 1. The smallest absolute Gasteiger partial charge is 0.410 e. The topological polar surface area (TPSA) is 93.9 Å². The zero-order valence-electron chi connectivity index (χ0n) is 17.2. The van der Waals surface area contributed by atoms with Crippen LogP contribution in [0.1, 0.15) is 13.8 Å². The van der Waals surface area contributed by atoms with Crippen LogP contribution in [0.4, 0.5) is 15.0 Å². The van der Waals surface area contributed by atoms with Gasteiger partial charge in [-0.15, -0.1) is 5.10 Å². The molecule has 3 aromatic heterocycles. The summed E-state index contributed by atoms with van der Waals surface area (Å²) in [6.07, 6.45) is 4.52. The van der Waals surface area contributed by atoms with Crippen molar-refractivity contribution in [1.82, 2.24) is 24.5 Å². The number of halogens is 1. The number of anilines is 1. The van der Waals surface area contributed by atoms with E-state index in [4.69, 9.17) is 9.47 Å². The molecule has 3 heterocycles. The summed E-state index contributed by atoms with van der Waals surface area (Å²) in [5.74, 6) is 1.24. The van der Waals surface area contributed by atoms with Crippen LogP contribution >= 0.6 is 0 Å². The highest BCUT2D eigenvalue weighted by Gasteiger charge is 2.18. The summed E-state index contributed by atoms with van der Waals surface area (Å²) in [5.41, 5.74) is 2.28. The number of pyridine rings is 1. The summed E-state index contributed by atoms with van der Waals surface area (Å²) in [6.45, 7) is 3.65. The van der Waals surface area contributed by atoms with Gasteiger partial charge in [-0.2, -0.15) is 0 Å². The highest BCUT2D eigenvalue weighted by atomic mass is 19.1. The fourth-order valence-electron chi connectivity index (χ4n) is 2.98. The molecule has 0 aromatic carbocycles. The summed E-state index contributed by atoms with van der Waals surface area (Å²) < 4.78 is 24.3. The molecule has 1 amide bonds. The van der Waals surface area contributed by atoms with Gasteiger partial charge in [-0.1, -0.05) is 0 Å². The Labute approximate surface area is 173 Å². The predicted molar refractivity (Wildman–Crippen MR) is 110 cm³/mol. The number of methoxy groups -OCH3 is 1. The first kappa shape index (κ1) is 21.3. The van der Waals surface area contributed by atoms with E-state index in [0.29, 0.717) is 30.3 Å². The van der Waals surface area contributed by atoms with E-state index in [-0.39, 0.29) is 12.6 Å². The predicted octanol–water partition coefficient (Wildman–Crippen LogP) is 3.03. The van der Waals surface area contributed by atoms with Crippen molar-refractivity contribution in [2.45, 2.75) is 19.9 Å². The Bertz CT molecular complexity index is 994. The number of alkyl halides is 1. The molecule has 0 aliphatic heterocycles. The highest BCUT2D eigenvalue weighted by molar-refractivity contribution is 5.69. The van der Waals surface area contributed by atoms with Crippen molar-refractivity contribution in [3.05, 3.63) is 36.8 Å². The monoisotopic (exact) mass is 416 g/mol. The van der Waals surface area contributed by atoms with Crippen LogP contribution in [0.15, 0.2) is 36.8 Å². The van der Waals surface area contributed by atoms with Gasteiger partial charge in [0.1, 0.15) is 24.8 Å². The molecular weight excluding hydrogens is 391 g/mol. The van der Waals surface area contributed by atoms with E-state index < -0.39 is 12.8 Å². The molecular formula is C20H25FN6O3. The number of rotatable bonds is 9. The minimum absolute atomic E-state index is 0.0752. The summed E-state index contributed by atoms with van der Waals surface area (Å²) >= 11 is 0. The number of nitrogens with one attached hydrogen (secondary N) is 1. The van der Waals surface area contributed by atoms with Crippen molar-refractivity contribution in [2.24, 2.45) is 0 Å². The van der Waals surface area contributed by atoms with Crippen molar-refractivity contribution in [2.75, 3.05) is 38.8 Å². The quantitative estimate of drug-likeness (QED) is 0.573. The van der Waals surface area contributed by atoms with Crippen LogP contribution in [-0.4, -0.2) is 70.1 Å². The molecule has 1 N–H and O–H groups in total. The van der Waals surface area contributed by atoms with Crippen molar-refractivity contribution in [3.63, 3.8) is 0 Å². The second-order valence-electron chi connectivity index (χ2n) is 6.73. The maximum Gasteiger partial charge on any atom is 0.410 e. The molecule has 0 spiro atoms. The second kappa shape index (κ2) is 9.86. The molecule has 0 atom stereocenters. The summed E-state index contributed by atoms with van der Waals surface area (Å²) in [7, 11) is 1.59.